The summed E-state index contributed by atoms with van der Waals surface area (Å²) in [6.07, 6.45) is 3.71. The first kappa shape index (κ1) is 20.5. The maximum absolute atomic E-state index is 11.1. The molecule has 10 heteroatoms. The van der Waals surface area contributed by atoms with Crippen LogP contribution in [0, 0.1) is 17.0 Å². The Hall–Kier alpha value is -3.82. The number of aryl methyl sites for hydroxylation is 1. The van der Waals surface area contributed by atoms with Gasteiger partial charge in [0.25, 0.3) is 5.69 Å². The molecule has 0 aliphatic carbocycles. The number of benzene rings is 1. The Morgan fingerprint density at radius 2 is 2.06 bits per heavy atom. The normalized spacial score (nSPS) is 15.7. The molecule has 1 saturated heterocycles. The SMILES string of the molecule is CNc1cc(N2CCCC2CNc2cc(C)nc(-c3cccc([N+](=O)[O-])c3)n2)ncn1. The van der Waals surface area contributed by atoms with Crippen molar-refractivity contribution in [2.24, 2.45) is 0 Å². The molecule has 1 aliphatic rings. The monoisotopic (exact) mass is 420 g/mol. The zero-order valence-corrected chi connectivity index (χ0v) is 17.4. The smallest absolute Gasteiger partial charge is 0.270 e. The molecule has 160 valence electrons. The summed E-state index contributed by atoms with van der Waals surface area (Å²) in [4.78, 5) is 30.6. The quantitative estimate of drug-likeness (QED) is 0.438. The molecule has 1 aromatic carbocycles. The number of nitrogens with one attached hydrogen (secondary N) is 2. The van der Waals surface area contributed by atoms with Gasteiger partial charge in [0.15, 0.2) is 5.82 Å². The zero-order valence-electron chi connectivity index (χ0n) is 17.4. The average molecular weight is 420 g/mol. The van der Waals surface area contributed by atoms with Crippen molar-refractivity contribution in [2.45, 2.75) is 25.8 Å². The molecule has 10 nitrogen and oxygen atoms in total. The summed E-state index contributed by atoms with van der Waals surface area (Å²) >= 11 is 0. The molecular weight excluding hydrogens is 396 g/mol. The molecule has 31 heavy (non-hydrogen) atoms. The minimum absolute atomic E-state index is 0.0181. The number of nitro groups is 1. The Bertz CT molecular complexity index is 1090. The molecule has 1 unspecified atom stereocenters. The fourth-order valence-corrected chi connectivity index (χ4v) is 3.76. The van der Waals surface area contributed by atoms with Crippen molar-refractivity contribution in [3.8, 4) is 11.4 Å². The van der Waals surface area contributed by atoms with Gasteiger partial charge in [0.2, 0.25) is 0 Å². The van der Waals surface area contributed by atoms with E-state index in [-0.39, 0.29) is 11.7 Å². The maximum atomic E-state index is 11.1. The zero-order chi connectivity index (χ0) is 21.8. The Labute approximate surface area is 179 Å². The van der Waals surface area contributed by atoms with Gasteiger partial charge in [-0.25, -0.2) is 19.9 Å². The van der Waals surface area contributed by atoms with Gasteiger partial charge in [-0.05, 0) is 19.8 Å². The summed E-state index contributed by atoms with van der Waals surface area (Å²) in [5, 5.41) is 17.6. The van der Waals surface area contributed by atoms with Crippen LogP contribution in [0.25, 0.3) is 11.4 Å². The van der Waals surface area contributed by atoms with Crippen LogP contribution < -0.4 is 15.5 Å². The highest BCUT2D eigenvalue weighted by Gasteiger charge is 2.26. The Balaban J connectivity index is 1.51. The average Bonchev–Trinajstić information content (AvgIpc) is 3.26. The number of rotatable bonds is 7. The number of nitrogens with zero attached hydrogens (tertiary/aromatic N) is 6. The van der Waals surface area contributed by atoms with Gasteiger partial charge in [0.1, 0.15) is 23.8 Å². The molecule has 1 aliphatic heterocycles. The van der Waals surface area contributed by atoms with Crippen LogP contribution in [0.15, 0.2) is 42.7 Å². The van der Waals surface area contributed by atoms with Crippen LogP contribution >= 0.6 is 0 Å². The Kier molecular flexibility index (Phi) is 5.87. The molecule has 2 aromatic heterocycles. The molecule has 0 saturated carbocycles. The van der Waals surface area contributed by atoms with Gasteiger partial charge in [-0.1, -0.05) is 12.1 Å². The second kappa shape index (κ2) is 8.90. The van der Waals surface area contributed by atoms with E-state index in [1.807, 2.05) is 26.1 Å². The number of nitro benzene ring substituents is 1. The summed E-state index contributed by atoms with van der Waals surface area (Å²) in [5.41, 5.74) is 1.42. The van der Waals surface area contributed by atoms with Gasteiger partial charge < -0.3 is 15.5 Å². The van der Waals surface area contributed by atoms with Crippen molar-refractivity contribution in [1.29, 1.82) is 0 Å². The lowest BCUT2D eigenvalue weighted by Gasteiger charge is -2.26. The van der Waals surface area contributed by atoms with Crippen LogP contribution in [0.4, 0.5) is 23.1 Å². The van der Waals surface area contributed by atoms with E-state index in [2.05, 4.69) is 35.5 Å². The van der Waals surface area contributed by atoms with Crippen molar-refractivity contribution in [3.63, 3.8) is 0 Å². The van der Waals surface area contributed by atoms with Crippen LogP contribution in [0.1, 0.15) is 18.5 Å². The highest BCUT2D eigenvalue weighted by molar-refractivity contribution is 5.61. The lowest BCUT2D eigenvalue weighted by atomic mass is 10.2. The lowest BCUT2D eigenvalue weighted by molar-refractivity contribution is -0.384. The largest absolute Gasteiger partial charge is 0.373 e. The molecule has 0 radical (unpaired) electrons. The molecular formula is C21H24N8O2. The van der Waals surface area contributed by atoms with Crippen molar-refractivity contribution in [1.82, 2.24) is 19.9 Å². The summed E-state index contributed by atoms with van der Waals surface area (Å²) < 4.78 is 0. The predicted molar refractivity (Wildman–Crippen MR) is 119 cm³/mol. The molecule has 3 aromatic rings. The van der Waals surface area contributed by atoms with Gasteiger partial charge in [-0.15, -0.1) is 0 Å². The summed E-state index contributed by atoms with van der Waals surface area (Å²) in [6, 6.07) is 10.5. The molecule has 0 spiro atoms. The van der Waals surface area contributed by atoms with E-state index in [0.717, 1.165) is 36.7 Å². The highest BCUT2D eigenvalue weighted by Crippen LogP contribution is 2.26. The number of anilines is 3. The third kappa shape index (κ3) is 4.68. The van der Waals surface area contributed by atoms with Crippen molar-refractivity contribution in [3.05, 3.63) is 58.5 Å². The summed E-state index contributed by atoms with van der Waals surface area (Å²) in [7, 11) is 1.84. The lowest BCUT2D eigenvalue weighted by Crippen LogP contribution is -2.35. The van der Waals surface area contributed by atoms with Crippen LogP contribution in [0.2, 0.25) is 0 Å². The summed E-state index contributed by atoms with van der Waals surface area (Å²) in [6.45, 7) is 3.52. The van der Waals surface area contributed by atoms with Gasteiger partial charge in [-0.2, -0.15) is 0 Å². The minimum atomic E-state index is -0.417. The molecule has 4 rings (SSSR count). The molecule has 1 atom stereocenters. The predicted octanol–water partition coefficient (Wildman–Crippen LogP) is 3.27. The van der Waals surface area contributed by atoms with E-state index >= 15 is 0 Å². The van der Waals surface area contributed by atoms with E-state index in [1.54, 1.807) is 18.5 Å². The van der Waals surface area contributed by atoms with Crippen molar-refractivity contribution in [2.75, 3.05) is 35.7 Å². The van der Waals surface area contributed by atoms with Crippen LogP contribution in [0.5, 0.6) is 0 Å². The first-order chi connectivity index (χ1) is 15.0. The van der Waals surface area contributed by atoms with E-state index in [9.17, 15) is 10.1 Å². The van der Waals surface area contributed by atoms with E-state index in [4.69, 9.17) is 0 Å². The Morgan fingerprint density at radius 3 is 2.87 bits per heavy atom. The van der Waals surface area contributed by atoms with Gasteiger partial charge >= 0.3 is 0 Å². The van der Waals surface area contributed by atoms with Crippen LogP contribution in [0.3, 0.4) is 0 Å². The van der Waals surface area contributed by atoms with Crippen molar-refractivity contribution < 1.29 is 4.92 Å². The van der Waals surface area contributed by atoms with E-state index < -0.39 is 4.92 Å². The Morgan fingerprint density at radius 1 is 1.19 bits per heavy atom. The number of hydrogen-bond acceptors (Lipinski definition) is 9. The summed E-state index contributed by atoms with van der Waals surface area (Å²) in [5.74, 6) is 2.85. The van der Waals surface area contributed by atoms with Gasteiger partial charge in [0.05, 0.1) is 4.92 Å². The minimum Gasteiger partial charge on any atom is -0.373 e. The van der Waals surface area contributed by atoms with E-state index in [0.29, 0.717) is 23.8 Å². The van der Waals surface area contributed by atoms with Gasteiger partial charge in [-0.3, -0.25) is 10.1 Å². The number of non-ortho nitro benzene ring substituents is 1. The molecule has 3 heterocycles. The van der Waals surface area contributed by atoms with Crippen LogP contribution in [-0.4, -0.2) is 51.0 Å². The molecule has 0 bridgehead atoms. The topological polar surface area (TPSA) is 122 Å². The second-order valence-electron chi connectivity index (χ2n) is 7.41. The molecule has 1 fully saturated rings. The third-order valence-electron chi connectivity index (χ3n) is 5.27. The molecule has 2 N–H and O–H groups in total. The standard InChI is InChI=1S/C21H24N8O2/c1-14-9-19(27-21(26-14)15-5-3-6-16(10-15)29(30)31)23-12-17-7-4-8-28(17)20-11-18(22-2)24-13-25-20/h3,5-6,9-11,13,17H,4,7-8,12H2,1-2H3,(H,22,24,25)(H,23,26,27). The fraction of sp³-hybridized carbons (Fsp3) is 0.333. The maximum Gasteiger partial charge on any atom is 0.270 e. The fourth-order valence-electron chi connectivity index (χ4n) is 3.76. The first-order valence-corrected chi connectivity index (χ1v) is 10.1. The van der Waals surface area contributed by atoms with Crippen molar-refractivity contribution >= 4 is 23.1 Å². The first-order valence-electron chi connectivity index (χ1n) is 10.1. The van der Waals surface area contributed by atoms with Gasteiger partial charge in [0, 0.05) is 61.7 Å². The highest BCUT2D eigenvalue weighted by atomic mass is 16.6. The second-order valence-corrected chi connectivity index (χ2v) is 7.41. The number of hydrogen-bond donors (Lipinski definition) is 2. The van der Waals surface area contributed by atoms with Crippen LogP contribution in [-0.2, 0) is 0 Å². The number of aromatic nitrogens is 4. The van der Waals surface area contributed by atoms with E-state index in [1.165, 1.54) is 12.1 Å². The molecule has 0 amide bonds. The third-order valence-corrected chi connectivity index (χ3v) is 5.27.